The molecule has 1 aliphatic heterocycles. The molecule has 5 nitrogen and oxygen atoms in total. The third-order valence-corrected chi connectivity index (χ3v) is 4.50. The van der Waals surface area contributed by atoms with Crippen LogP contribution >= 0.6 is 0 Å². The Balaban J connectivity index is 1.71. The summed E-state index contributed by atoms with van der Waals surface area (Å²) in [6, 6.07) is 17.3. The summed E-state index contributed by atoms with van der Waals surface area (Å²) in [4.78, 5) is 25.2. The second-order valence-corrected chi connectivity index (χ2v) is 6.41. The molecule has 1 aliphatic rings. The molecule has 24 heavy (non-hydrogen) atoms. The van der Waals surface area contributed by atoms with Crippen molar-refractivity contribution in [3.05, 3.63) is 54.6 Å². The first kappa shape index (κ1) is 16.1. The van der Waals surface area contributed by atoms with E-state index in [1.165, 1.54) is 0 Å². The van der Waals surface area contributed by atoms with Gasteiger partial charge in [0, 0.05) is 18.8 Å². The van der Waals surface area contributed by atoms with Crippen LogP contribution in [0.2, 0.25) is 0 Å². The van der Waals surface area contributed by atoms with E-state index in [1.54, 1.807) is 11.8 Å². The van der Waals surface area contributed by atoms with Crippen LogP contribution in [0, 0.1) is 5.41 Å². The van der Waals surface area contributed by atoms with Crippen LogP contribution in [-0.2, 0) is 4.79 Å². The molecule has 2 aromatic rings. The van der Waals surface area contributed by atoms with E-state index in [2.05, 4.69) is 5.32 Å². The molecule has 0 spiro atoms. The fraction of sp³-hybridized carbons (Fsp3) is 0.263. The maximum atomic E-state index is 12.4. The summed E-state index contributed by atoms with van der Waals surface area (Å²) in [7, 11) is 0. The lowest BCUT2D eigenvalue weighted by Crippen LogP contribution is -2.37. The third kappa shape index (κ3) is 3.25. The zero-order valence-corrected chi connectivity index (χ0v) is 13.5. The molecule has 1 heterocycles. The minimum Gasteiger partial charge on any atom is -0.481 e. The Hall–Kier alpha value is -2.82. The molecule has 1 saturated heterocycles. The van der Waals surface area contributed by atoms with Gasteiger partial charge in [-0.05, 0) is 36.6 Å². The normalized spacial score (nSPS) is 20.0. The summed E-state index contributed by atoms with van der Waals surface area (Å²) in [5, 5.41) is 12.1. The highest BCUT2D eigenvalue weighted by atomic mass is 16.4. The van der Waals surface area contributed by atoms with Gasteiger partial charge in [0.05, 0.1) is 5.41 Å². The number of hydrogen-bond donors (Lipinski definition) is 2. The van der Waals surface area contributed by atoms with Crippen molar-refractivity contribution in [2.24, 2.45) is 5.41 Å². The molecule has 3 rings (SSSR count). The number of carbonyl (C=O) groups is 2. The summed E-state index contributed by atoms with van der Waals surface area (Å²) < 4.78 is 0. The first-order valence-corrected chi connectivity index (χ1v) is 7.93. The van der Waals surface area contributed by atoms with E-state index in [9.17, 15) is 14.7 Å². The van der Waals surface area contributed by atoms with Crippen LogP contribution in [0.25, 0.3) is 11.1 Å². The summed E-state index contributed by atoms with van der Waals surface area (Å²) >= 11 is 0. The fourth-order valence-electron chi connectivity index (χ4n) is 2.92. The number of nitrogens with zero attached hydrogens (tertiary/aromatic N) is 1. The summed E-state index contributed by atoms with van der Waals surface area (Å²) in [6.45, 7) is 2.36. The summed E-state index contributed by atoms with van der Waals surface area (Å²) in [5.41, 5.74) is 1.94. The molecule has 0 aliphatic carbocycles. The molecular weight excluding hydrogens is 304 g/mol. The lowest BCUT2D eigenvalue weighted by molar-refractivity contribution is -0.146. The largest absolute Gasteiger partial charge is 0.481 e. The molecule has 2 amide bonds. The van der Waals surface area contributed by atoms with Crippen molar-refractivity contribution >= 4 is 17.7 Å². The van der Waals surface area contributed by atoms with Gasteiger partial charge in [-0.3, -0.25) is 4.79 Å². The van der Waals surface area contributed by atoms with Crippen molar-refractivity contribution in [3.8, 4) is 11.1 Å². The van der Waals surface area contributed by atoms with Gasteiger partial charge in [-0.25, -0.2) is 4.79 Å². The van der Waals surface area contributed by atoms with Gasteiger partial charge in [-0.15, -0.1) is 0 Å². The number of carbonyl (C=O) groups excluding carboxylic acids is 1. The maximum absolute atomic E-state index is 12.4. The molecule has 0 bridgehead atoms. The average Bonchev–Trinajstić information content (AvgIpc) is 3.00. The Morgan fingerprint density at radius 3 is 2.46 bits per heavy atom. The smallest absolute Gasteiger partial charge is 0.321 e. The molecule has 2 N–H and O–H groups in total. The highest BCUT2D eigenvalue weighted by Gasteiger charge is 2.42. The van der Waals surface area contributed by atoms with E-state index in [0.29, 0.717) is 18.7 Å². The second kappa shape index (κ2) is 6.35. The standard InChI is InChI=1S/C19H20N2O3/c1-19(17(22)23)10-11-21(13-19)18(24)20-16-9-5-8-15(12-16)14-6-3-2-4-7-14/h2-9,12H,10-11,13H2,1H3,(H,20,24)(H,22,23). The number of carboxylic acids is 1. The molecular formula is C19H20N2O3. The minimum absolute atomic E-state index is 0.229. The van der Waals surface area contributed by atoms with Crippen molar-refractivity contribution in [1.82, 2.24) is 4.90 Å². The summed E-state index contributed by atoms with van der Waals surface area (Å²) in [5.74, 6) is -0.858. The highest BCUT2D eigenvalue weighted by Crippen LogP contribution is 2.30. The number of nitrogens with one attached hydrogen (secondary N) is 1. The van der Waals surface area contributed by atoms with Crippen molar-refractivity contribution in [2.45, 2.75) is 13.3 Å². The first-order chi connectivity index (χ1) is 11.5. The quantitative estimate of drug-likeness (QED) is 0.905. The van der Waals surface area contributed by atoms with Crippen molar-refractivity contribution in [2.75, 3.05) is 18.4 Å². The molecule has 1 atom stereocenters. The van der Waals surface area contributed by atoms with E-state index in [-0.39, 0.29) is 12.6 Å². The van der Waals surface area contributed by atoms with Gasteiger partial charge in [-0.1, -0.05) is 42.5 Å². The predicted octanol–water partition coefficient (Wildman–Crippen LogP) is 3.68. The van der Waals surface area contributed by atoms with Gasteiger partial charge in [-0.2, -0.15) is 0 Å². The number of rotatable bonds is 3. The van der Waals surface area contributed by atoms with E-state index in [1.807, 2.05) is 54.6 Å². The fourth-order valence-corrected chi connectivity index (χ4v) is 2.92. The number of carboxylic acid groups (broad SMARTS) is 1. The Morgan fingerprint density at radius 1 is 1.08 bits per heavy atom. The van der Waals surface area contributed by atoms with Crippen LogP contribution in [-0.4, -0.2) is 35.1 Å². The van der Waals surface area contributed by atoms with Crippen molar-refractivity contribution in [1.29, 1.82) is 0 Å². The van der Waals surface area contributed by atoms with Gasteiger partial charge in [0.2, 0.25) is 0 Å². The molecule has 0 aromatic heterocycles. The minimum atomic E-state index is -0.858. The first-order valence-electron chi connectivity index (χ1n) is 7.93. The van der Waals surface area contributed by atoms with E-state index < -0.39 is 11.4 Å². The van der Waals surface area contributed by atoms with E-state index >= 15 is 0 Å². The highest BCUT2D eigenvalue weighted by molar-refractivity contribution is 5.91. The molecule has 1 fully saturated rings. The zero-order valence-electron chi connectivity index (χ0n) is 13.5. The van der Waals surface area contributed by atoms with Crippen LogP contribution in [0.3, 0.4) is 0 Å². The zero-order chi connectivity index (χ0) is 17.2. The van der Waals surface area contributed by atoms with Gasteiger partial charge < -0.3 is 15.3 Å². The topological polar surface area (TPSA) is 69.6 Å². The lowest BCUT2D eigenvalue weighted by atomic mass is 9.90. The molecule has 0 radical (unpaired) electrons. The Bertz CT molecular complexity index is 760. The Labute approximate surface area is 140 Å². The van der Waals surface area contributed by atoms with E-state index in [4.69, 9.17) is 0 Å². The van der Waals surface area contributed by atoms with Crippen LogP contribution in [0.5, 0.6) is 0 Å². The number of amides is 2. The lowest BCUT2D eigenvalue weighted by Gasteiger charge is -2.20. The summed E-state index contributed by atoms with van der Waals surface area (Å²) in [6.07, 6.45) is 0.472. The second-order valence-electron chi connectivity index (χ2n) is 6.41. The van der Waals surface area contributed by atoms with Crippen LogP contribution in [0.4, 0.5) is 10.5 Å². The number of aliphatic carboxylic acids is 1. The van der Waals surface area contributed by atoms with Crippen LogP contribution in [0.15, 0.2) is 54.6 Å². The Kier molecular flexibility index (Phi) is 4.25. The average molecular weight is 324 g/mol. The number of hydrogen-bond acceptors (Lipinski definition) is 2. The van der Waals surface area contributed by atoms with Gasteiger partial charge in [0.25, 0.3) is 0 Å². The molecule has 0 saturated carbocycles. The van der Waals surface area contributed by atoms with Crippen LogP contribution < -0.4 is 5.32 Å². The third-order valence-electron chi connectivity index (χ3n) is 4.50. The van der Waals surface area contributed by atoms with Gasteiger partial charge >= 0.3 is 12.0 Å². The number of benzene rings is 2. The van der Waals surface area contributed by atoms with Gasteiger partial charge in [0.15, 0.2) is 0 Å². The van der Waals surface area contributed by atoms with Crippen molar-refractivity contribution < 1.29 is 14.7 Å². The number of likely N-dealkylation sites (tertiary alicyclic amines) is 1. The van der Waals surface area contributed by atoms with Crippen molar-refractivity contribution in [3.63, 3.8) is 0 Å². The number of anilines is 1. The predicted molar refractivity (Wildman–Crippen MR) is 92.8 cm³/mol. The molecule has 124 valence electrons. The SMILES string of the molecule is CC1(C(=O)O)CCN(C(=O)Nc2cccc(-c3ccccc3)c2)C1. The Morgan fingerprint density at radius 2 is 1.79 bits per heavy atom. The van der Waals surface area contributed by atoms with E-state index in [0.717, 1.165) is 11.1 Å². The maximum Gasteiger partial charge on any atom is 0.321 e. The monoisotopic (exact) mass is 324 g/mol. The molecule has 2 aromatic carbocycles. The molecule has 5 heteroatoms. The number of urea groups is 1. The van der Waals surface area contributed by atoms with Crippen LogP contribution in [0.1, 0.15) is 13.3 Å². The molecule has 1 unspecified atom stereocenters. The van der Waals surface area contributed by atoms with Gasteiger partial charge in [0.1, 0.15) is 0 Å².